The van der Waals surface area contributed by atoms with Gasteiger partial charge < -0.3 is 4.98 Å². The first-order chi connectivity index (χ1) is 8.43. The lowest BCUT2D eigenvalue weighted by Crippen LogP contribution is -2.42. The molecule has 1 saturated heterocycles. The van der Waals surface area contributed by atoms with Crippen LogP contribution >= 0.6 is 11.6 Å². The van der Waals surface area contributed by atoms with Gasteiger partial charge in [0.1, 0.15) is 5.02 Å². The van der Waals surface area contributed by atoms with Gasteiger partial charge in [0.05, 0.1) is 4.90 Å². The van der Waals surface area contributed by atoms with Crippen LogP contribution in [0.25, 0.3) is 0 Å². The van der Waals surface area contributed by atoms with Crippen molar-refractivity contribution in [1.82, 2.24) is 9.29 Å². The Labute approximate surface area is 111 Å². The van der Waals surface area contributed by atoms with Gasteiger partial charge in [-0.3, -0.25) is 4.79 Å². The topological polar surface area (TPSA) is 70.2 Å². The molecule has 1 fully saturated rings. The highest BCUT2D eigenvalue weighted by Gasteiger charge is 2.31. The normalized spacial score (nSPS) is 22.0. The summed E-state index contributed by atoms with van der Waals surface area (Å²) in [6.07, 6.45) is 3.96. The average molecular weight is 291 g/mol. The summed E-state index contributed by atoms with van der Waals surface area (Å²) in [6.45, 7) is 2.41. The summed E-state index contributed by atoms with van der Waals surface area (Å²) in [5.41, 5.74) is -0.484. The summed E-state index contributed by atoms with van der Waals surface area (Å²) in [5, 5.41) is -0.110. The summed E-state index contributed by atoms with van der Waals surface area (Å²) < 4.78 is 26.3. The first-order valence-corrected chi connectivity index (χ1v) is 7.65. The lowest BCUT2D eigenvalue weighted by atomic mass is 10.1. The van der Waals surface area contributed by atoms with Gasteiger partial charge >= 0.3 is 0 Å². The van der Waals surface area contributed by atoms with E-state index in [2.05, 4.69) is 4.98 Å². The molecule has 0 aromatic carbocycles. The molecular weight excluding hydrogens is 276 g/mol. The maximum atomic E-state index is 12.4. The Bertz CT molecular complexity index is 597. The van der Waals surface area contributed by atoms with Crippen molar-refractivity contribution in [3.05, 3.63) is 27.6 Å². The quantitative estimate of drug-likeness (QED) is 0.899. The van der Waals surface area contributed by atoms with Crippen molar-refractivity contribution in [3.8, 4) is 0 Å². The van der Waals surface area contributed by atoms with Gasteiger partial charge in [0.25, 0.3) is 5.56 Å². The van der Waals surface area contributed by atoms with Gasteiger partial charge in [0.15, 0.2) is 0 Å². The molecule has 0 aliphatic carbocycles. The number of aromatic nitrogens is 1. The second-order valence-electron chi connectivity index (χ2n) is 4.47. The standard InChI is InChI=1S/C11H15ClN2O3S/c1-8-4-2-3-5-14(8)18(16,17)9-6-10(12)11(15)13-7-9/h6-8H,2-5H2,1H3,(H,13,15). The van der Waals surface area contributed by atoms with Crippen molar-refractivity contribution in [2.24, 2.45) is 0 Å². The number of halogens is 1. The Morgan fingerprint density at radius 3 is 2.78 bits per heavy atom. The molecular formula is C11H15ClN2O3S. The minimum absolute atomic E-state index is 0.0190. The highest BCUT2D eigenvalue weighted by Crippen LogP contribution is 2.25. The molecule has 1 aliphatic heterocycles. The van der Waals surface area contributed by atoms with Crippen molar-refractivity contribution in [3.63, 3.8) is 0 Å². The van der Waals surface area contributed by atoms with E-state index in [1.807, 2.05) is 6.92 Å². The van der Waals surface area contributed by atoms with Gasteiger partial charge in [0, 0.05) is 18.8 Å². The minimum atomic E-state index is -3.57. The first-order valence-electron chi connectivity index (χ1n) is 5.83. The van der Waals surface area contributed by atoms with Crippen molar-refractivity contribution in [1.29, 1.82) is 0 Å². The SMILES string of the molecule is CC1CCCCN1S(=O)(=O)c1c[nH]c(=O)c(Cl)c1. The fourth-order valence-electron chi connectivity index (χ4n) is 2.15. The minimum Gasteiger partial charge on any atom is -0.326 e. The molecule has 1 aliphatic rings. The van der Waals surface area contributed by atoms with Crippen molar-refractivity contribution < 1.29 is 8.42 Å². The Hall–Kier alpha value is -0.850. The van der Waals surface area contributed by atoms with E-state index in [1.54, 1.807) is 0 Å². The molecule has 0 saturated carbocycles. The molecule has 0 radical (unpaired) electrons. The third-order valence-corrected chi connectivity index (χ3v) is 5.45. The lowest BCUT2D eigenvalue weighted by Gasteiger charge is -2.32. The van der Waals surface area contributed by atoms with Crippen molar-refractivity contribution in [2.45, 2.75) is 37.1 Å². The highest BCUT2D eigenvalue weighted by atomic mass is 35.5. The smallest absolute Gasteiger partial charge is 0.266 e. The first kappa shape index (κ1) is 13.6. The number of pyridine rings is 1. The van der Waals surface area contributed by atoms with Crippen LogP contribution in [0.5, 0.6) is 0 Å². The predicted octanol–water partition coefficient (Wildman–Crippen LogP) is 1.59. The predicted molar refractivity (Wildman–Crippen MR) is 69.3 cm³/mol. The number of H-pyrrole nitrogens is 1. The Morgan fingerprint density at radius 2 is 2.17 bits per heavy atom. The molecule has 1 atom stereocenters. The van der Waals surface area contributed by atoms with E-state index < -0.39 is 15.6 Å². The number of hydrogen-bond donors (Lipinski definition) is 1. The van der Waals surface area contributed by atoms with Crippen LogP contribution in [0.2, 0.25) is 5.02 Å². The van der Waals surface area contributed by atoms with Gasteiger partial charge in [-0.15, -0.1) is 0 Å². The van der Waals surface area contributed by atoms with Crippen LogP contribution in [-0.4, -0.2) is 30.3 Å². The zero-order valence-corrected chi connectivity index (χ0v) is 11.6. The number of sulfonamides is 1. The summed E-state index contributed by atoms with van der Waals surface area (Å²) in [6, 6.07) is 1.19. The largest absolute Gasteiger partial charge is 0.326 e. The van der Waals surface area contributed by atoms with E-state index >= 15 is 0 Å². The molecule has 0 amide bonds. The van der Waals surface area contributed by atoms with Gasteiger partial charge in [-0.05, 0) is 25.8 Å². The summed E-state index contributed by atoms with van der Waals surface area (Å²) >= 11 is 5.67. The van der Waals surface area contributed by atoms with Crippen LogP contribution < -0.4 is 5.56 Å². The molecule has 5 nitrogen and oxygen atoms in total. The van der Waals surface area contributed by atoms with Crippen LogP contribution in [0.1, 0.15) is 26.2 Å². The molecule has 0 spiro atoms. The van der Waals surface area contributed by atoms with E-state index in [0.29, 0.717) is 6.54 Å². The highest BCUT2D eigenvalue weighted by molar-refractivity contribution is 7.89. The number of aromatic amines is 1. The van der Waals surface area contributed by atoms with E-state index in [1.165, 1.54) is 16.6 Å². The van der Waals surface area contributed by atoms with Gasteiger partial charge in [-0.25, -0.2) is 8.42 Å². The number of piperidine rings is 1. The summed E-state index contributed by atoms with van der Waals surface area (Å²) in [7, 11) is -3.57. The fraction of sp³-hybridized carbons (Fsp3) is 0.545. The molecule has 18 heavy (non-hydrogen) atoms. The monoisotopic (exact) mass is 290 g/mol. The number of rotatable bonds is 2. The van der Waals surface area contributed by atoms with Crippen molar-refractivity contribution >= 4 is 21.6 Å². The van der Waals surface area contributed by atoms with Crippen LogP contribution in [0.4, 0.5) is 0 Å². The van der Waals surface area contributed by atoms with Gasteiger partial charge in [0.2, 0.25) is 10.0 Å². The van der Waals surface area contributed by atoms with Crippen LogP contribution in [0.3, 0.4) is 0 Å². The molecule has 100 valence electrons. The van der Waals surface area contributed by atoms with E-state index in [9.17, 15) is 13.2 Å². The second-order valence-corrected chi connectivity index (χ2v) is 6.77. The number of hydrogen-bond acceptors (Lipinski definition) is 3. The average Bonchev–Trinajstić information content (AvgIpc) is 2.33. The molecule has 1 N–H and O–H groups in total. The van der Waals surface area contributed by atoms with Crippen LogP contribution in [0, 0.1) is 0 Å². The maximum absolute atomic E-state index is 12.4. The second kappa shape index (κ2) is 5.03. The molecule has 2 heterocycles. The van der Waals surface area contributed by atoms with Gasteiger partial charge in [-0.2, -0.15) is 4.31 Å². The molecule has 1 aromatic rings. The Morgan fingerprint density at radius 1 is 1.44 bits per heavy atom. The van der Waals surface area contributed by atoms with Gasteiger partial charge in [-0.1, -0.05) is 18.0 Å². The van der Waals surface area contributed by atoms with Crippen LogP contribution in [-0.2, 0) is 10.0 Å². The Kier molecular flexibility index (Phi) is 3.79. The van der Waals surface area contributed by atoms with Crippen molar-refractivity contribution in [2.75, 3.05) is 6.54 Å². The molecule has 0 bridgehead atoms. The maximum Gasteiger partial charge on any atom is 0.266 e. The molecule has 1 aromatic heterocycles. The summed E-state index contributed by atoms with van der Waals surface area (Å²) in [4.78, 5) is 13.5. The zero-order valence-electron chi connectivity index (χ0n) is 10.0. The molecule has 1 unspecified atom stereocenters. The Balaban J connectivity index is 2.41. The van der Waals surface area contributed by atoms with E-state index in [4.69, 9.17) is 11.6 Å². The third-order valence-electron chi connectivity index (χ3n) is 3.18. The fourth-order valence-corrected chi connectivity index (χ4v) is 4.08. The lowest BCUT2D eigenvalue weighted by molar-refractivity contribution is 0.268. The molecule has 7 heteroatoms. The van der Waals surface area contributed by atoms with Crippen LogP contribution in [0.15, 0.2) is 22.0 Å². The van der Waals surface area contributed by atoms with E-state index in [-0.39, 0.29) is 16.0 Å². The zero-order chi connectivity index (χ0) is 13.3. The summed E-state index contributed by atoms with van der Waals surface area (Å²) in [5.74, 6) is 0. The number of nitrogens with zero attached hydrogens (tertiary/aromatic N) is 1. The molecule has 2 rings (SSSR count). The third kappa shape index (κ3) is 2.46. The van der Waals surface area contributed by atoms with E-state index in [0.717, 1.165) is 19.3 Å². The number of nitrogens with one attached hydrogen (secondary N) is 1.